The van der Waals surface area contributed by atoms with Gasteiger partial charge >= 0.3 is 6.03 Å². The molecule has 0 aliphatic heterocycles. The van der Waals surface area contributed by atoms with Crippen LogP contribution in [0.25, 0.3) is 10.9 Å². The number of nitrogens with one attached hydrogen (secondary N) is 2. The molecule has 1 unspecified atom stereocenters. The maximum Gasteiger partial charge on any atom is 0.321 e. The van der Waals surface area contributed by atoms with Gasteiger partial charge in [-0.25, -0.2) is 9.78 Å². The fourth-order valence-corrected chi connectivity index (χ4v) is 3.13. The number of carbonyl (C=O) groups excluding carboxylic acids is 2. The van der Waals surface area contributed by atoms with Gasteiger partial charge in [-0.1, -0.05) is 29.4 Å². The number of halogens is 1. The SMILES string of the molecule is C=CCn1c(SC(C)C(=O)NC(=O)NC)nc2cc(Cl)ccc2c1=O. The van der Waals surface area contributed by atoms with E-state index in [1.807, 2.05) is 0 Å². The van der Waals surface area contributed by atoms with Gasteiger partial charge in [0.2, 0.25) is 5.91 Å². The Bertz CT molecular complexity index is 897. The minimum atomic E-state index is -0.642. The molecule has 0 spiro atoms. The molecular weight excluding hydrogens is 364 g/mol. The number of thioether (sulfide) groups is 1. The van der Waals surface area contributed by atoms with Crippen LogP contribution in [-0.2, 0) is 11.3 Å². The van der Waals surface area contributed by atoms with Gasteiger partial charge in [0.05, 0.1) is 16.2 Å². The molecule has 2 aromatic rings. The summed E-state index contributed by atoms with van der Waals surface area (Å²) in [6.45, 7) is 5.51. The second-order valence-corrected chi connectivity index (χ2v) is 6.83. The minimum Gasteiger partial charge on any atom is -0.341 e. The molecule has 9 heteroatoms. The van der Waals surface area contributed by atoms with E-state index in [-0.39, 0.29) is 12.1 Å². The van der Waals surface area contributed by atoms with Crippen molar-refractivity contribution < 1.29 is 9.59 Å². The van der Waals surface area contributed by atoms with E-state index < -0.39 is 17.2 Å². The van der Waals surface area contributed by atoms with E-state index in [0.717, 1.165) is 11.8 Å². The molecule has 0 aliphatic carbocycles. The molecule has 2 N–H and O–H groups in total. The molecule has 7 nitrogen and oxygen atoms in total. The lowest BCUT2D eigenvalue weighted by Crippen LogP contribution is -2.41. The fraction of sp³-hybridized carbons (Fsp3) is 0.250. The molecule has 0 saturated heterocycles. The summed E-state index contributed by atoms with van der Waals surface area (Å²) in [5.41, 5.74) is 0.196. The van der Waals surface area contributed by atoms with E-state index >= 15 is 0 Å². The Morgan fingerprint density at radius 3 is 2.84 bits per heavy atom. The van der Waals surface area contributed by atoms with E-state index in [0.29, 0.717) is 21.1 Å². The number of benzene rings is 1. The van der Waals surface area contributed by atoms with Crippen molar-refractivity contribution in [1.29, 1.82) is 0 Å². The molecule has 132 valence electrons. The van der Waals surface area contributed by atoms with Gasteiger partial charge in [-0.3, -0.25) is 19.5 Å². The first kappa shape index (κ1) is 19.0. The molecule has 0 aliphatic rings. The normalized spacial score (nSPS) is 11.8. The maximum absolute atomic E-state index is 12.7. The predicted molar refractivity (Wildman–Crippen MR) is 99.1 cm³/mol. The monoisotopic (exact) mass is 380 g/mol. The Hall–Kier alpha value is -2.32. The highest BCUT2D eigenvalue weighted by Gasteiger charge is 2.20. The van der Waals surface area contributed by atoms with E-state index in [1.54, 1.807) is 31.2 Å². The molecule has 25 heavy (non-hydrogen) atoms. The zero-order chi connectivity index (χ0) is 18.6. The van der Waals surface area contributed by atoms with Crippen molar-refractivity contribution >= 4 is 46.2 Å². The van der Waals surface area contributed by atoms with Crippen molar-refractivity contribution in [3.05, 3.63) is 46.2 Å². The Labute approximate surface area is 153 Å². The number of rotatable bonds is 5. The van der Waals surface area contributed by atoms with Crippen LogP contribution < -0.4 is 16.2 Å². The van der Waals surface area contributed by atoms with Crippen LogP contribution in [0.2, 0.25) is 5.02 Å². The second-order valence-electron chi connectivity index (χ2n) is 5.09. The zero-order valence-corrected chi connectivity index (χ0v) is 15.3. The van der Waals surface area contributed by atoms with Gasteiger partial charge in [-0.15, -0.1) is 6.58 Å². The lowest BCUT2D eigenvalue weighted by atomic mass is 10.2. The summed E-state index contributed by atoms with van der Waals surface area (Å²) in [6, 6.07) is 4.23. The number of urea groups is 1. The topological polar surface area (TPSA) is 93.1 Å². The van der Waals surface area contributed by atoms with Gasteiger partial charge in [0.1, 0.15) is 0 Å². The van der Waals surface area contributed by atoms with Crippen LogP contribution in [-0.4, -0.2) is 33.8 Å². The number of hydrogen-bond acceptors (Lipinski definition) is 5. The molecule has 3 amide bonds. The number of carbonyl (C=O) groups is 2. The quantitative estimate of drug-likeness (QED) is 0.471. The summed E-state index contributed by atoms with van der Waals surface area (Å²) in [6.07, 6.45) is 1.57. The average molecular weight is 381 g/mol. The number of fused-ring (bicyclic) bond motifs is 1. The van der Waals surface area contributed by atoms with Gasteiger partial charge in [0, 0.05) is 18.6 Å². The number of nitrogens with zero attached hydrogens (tertiary/aromatic N) is 2. The molecule has 0 fully saturated rings. The molecule has 1 heterocycles. The molecule has 0 saturated carbocycles. The highest BCUT2D eigenvalue weighted by Crippen LogP contribution is 2.24. The number of hydrogen-bond donors (Lipinski definition) is 2. The Balaban J connectivity index is 2.43. The van der Waals surface area contributed by atoms with Crippen LogP contribution in [0, 0.1) is 0 Å². The van der Waals surface area contributed by atoms with Crippen molar-refractivity contribution in [3.8, 4) is 0 Å². The molecule has 1 aromatic heterocycles. The first-order valence-electron chi connectivity index (χ1n) is 7.37. The number of imide groups is 1. The largest absolute Gasteiger partial charge is 0.341 e. The molecule has 1 aromatic carbocycles. The van der Waals surface area contributed by atoms with Gasteiger partial charge in [0.25, 0.3) is 5.56 Å². The van der Waals surface area contributed by atoms with Gasteiger partial charge < -0.3 is 5.32 Å². The van der Waals surface area contributed by atoms with Crippen molar-refractivity contribution in [3.63, 3.8) is 0 Å². The van der Waals surface area contributed by atoms with Crippen LogP contribution in [0.4, 0.5) is 4.79 Å². The van der Waals surface area contributed by atoms with Crippen molar-refractivity contribution in [2.45, 2.75) is 23.9 Å². The first-order chi connectivity index (χ1) is 11.9. The second kappa shape index (κ2) is 8.17. The first-order valence-corrected chi connectivity index (χ1v) is 8.63. The number of aromatic nitrogens is 2. The Morgan fingerprint density at radius 2 is 2.20 bits per heavy atom. The third-order valence-corrected chi connectivity index (χ3v) is 4.63. The van der Waals surface area contributed by atoms with Crippen molar-refractivity contribution in [1.82, 2.24) is 20.2 Å². The lowest BCUT2D eigenvalue weighted by molar-refractivity contribution is -0.119. The summed E-state index contributed by atoms with van der Waals surface area (Å²) >= 11 is 7.05. The predicted octanol–water partition coefficient (Wildman–Crippen LogP) is 2.17. The average Bonchev–Trinajstić information content (AvgIpc) is 2.57. The summed E-state index contributed by atoms with van der Waals surface area (Å²) in [4.78, 5) is 40.4. The van der Waals surface area contributed by atoms with E-state index in [2.05, 4.69) is 22.2 Å². The highest BCUT2D eigenvalue weighted by atomic mass is 35.5. The third kappa shape index (κ3) is 4.40. The Morgan fingerprint density at radius 1 is 1.48 bits per heavy atom. The maximum atomic E-state index is 12.7. The van der Waals surface area contributed by atoms with Crippen LogP contribution in [0.1, 0.15) is 6.92 Å². The summed E-state index contributed by atoms with van der Waals surface area (Å²) < 4.78 is 1.43. The van der Waals surface area contributed by atoms with Crippen LogP contribution in [0.15, 0.2) is 40.8 Å². The standard InChI is InChI=1S/C16H17ClN4O3S/c1-4-7-21-14(23)11-6-5-10(17)8-12(11)19-16(21)25-9(2)13(22)20-15(24)18-3/h4-6,8-9H,1,7H2,2-3H3,(H2,18,20,22,24). The number of amides is 3. The van der Waals surface area contributed by atoms with Crippen LogP contribution >= 0.6 is 23.4 Å². The Kier molecular flexibility index (Phi) is 6.22. The van der Waals surface area contributed by atoms with Crippen molar-refractivity contribution in [2.24, 2.45) is 0 Å². The van der Waals surface area contributed by atoms with E-state index in [1.165, 1.54) is 11.6 Å². The summed E-state index contributed by atoms with van der Waals surface area (Å²) in [5, 5.41) is 5.10. The summed E-state index contributed by atoms with van der Waals surface area (Å²) in [7, 11) is 1.41. The molecule has 2 rings (SSSR count). The smallest absolute Gasteiger partial charge is 0.321 e. The van der Waals surface area contributed by atoms with E-state index in [9.17, 15) is 14.4 Å². The molecular formula is C16H17ClN4O3S. The van der Waals surface area contributed by atoms with Gasteiger partial charge in [0.15, 0.2) is 5.16 Å². The molecule has 0 bridgehead atoms. The van der Waals surface area contributed by atoms with Crippen molar-refractivity contribution in [2.75, 3.05) is 7.05 Å². The van der Waals surface area contributed by atoms with Crippen LogP contribution in [0.5, 0.6) is 0 Å². The highest BCUT2D eigenvalue weighted by molar-refractivity contribution is 8.00. The van der Waals surface area contributed by atoms with Gasteiger partial charge in [-0.05, 0) is 25.1 Å². The summed E-state index contributed by atoms with van der Waals surface area (Å²) in [5.74, 6) is -0.491. The fourth-order valence-electron chi connectivity index (χ4n) is 2.04. The molecule has 0 radical (unpaired) electrons. The van der Waals surface area contributed by atoms with Crippen LogP contribution in [0.3, 0.4) is 0 Å². The van der Waals surface area contributed by atoms with Gasteiger partial charge in [-0.2, -0.15) is 0 Å². The zero-order valence-electron chi connectivity index (χ0n) is 13.7. The minimum absolute atomic E-state index is 0.247. The molecule has 1 atom stereocenters. The number of allylic oxidation sites excluding steroid dienone is 1. The van der Waals surface area contributed by atoms with E-state index in [4.69, 9.17) is 11.6 Å². The third-order valence-electron chi connectivity index (χ3n) is 3.31. The lowest BCUT2D eigenvalue weighted by Gasteiger charge is -2.15.